The first-order chi connectivity index (χ1) is 9.94. The fourth-order valence-electron chi connectivity index (χ4n) is 1.83. The molecule has 0 aliphatic heterocycles. The second-order valence-corrected chi connectivity index (χ2v) is 5.88. The summed E-state index contributed by atoms with van der Waals surface area (Å²) < 4.78 is 27.1. The quantitative estimate of drug-likeness (QED) is 0.718. The third kappa shape index (κ3) is 3.39. The van der Waals surface area contributed by atoms with Crippen molar-refractivity contribution in [1.29, 1.82) is 0 Å². The van der Waals surface area contributed by atoms with Crippen molar-refractivity contribution >= 4 is 15.8 Å². The van der Waals surface area contributed by atoms with Crippen molar-refractivity contribution in [2.24, 2.45) is 0 Å². The van der Waals surface area contributed by atoms with Crippen LogP contribution in [0, 0.1) is 25.7 Å². The molecular formula is C13H14N4O3S. The molecule has 0 unspecified atom stereocenters. The van der Waals surface area contributed by atoms with Gasteiger partial charge in [-0.1, -0.05) is 11.8 Å². The smallest absolute Gasteiger partial charge is 0.266 e. The number of sulfonamides is 1. The molecule has 0 fully saturated rings. The summed E-state index contributed by atoms with van der Waals surface area (Å²) in [6, 6.07) is 3.11. The number of aliphatic hydroxyl groups is 1. The van der Waals surface area contributed by atoms with E-state index in [1.807, 2.05) is 0 Å². The minimum absolute atomic E-state index is 0.108. The molecule has 7 nitrogen and oxygen atoms in total. The van der Waals surface area contributed by atoms with Crippen molar-refractivity contribution in [3.63, 3.8) is 0 Å². The third-order valence-corrected chi connectivity index (χ3v) is 4.26. The van der Waals surface area contributed by atoms with E-state index in [0.29, 0.717) is 17.0 Å². The summed E-state index contributed by atoms with van der Waals surface area (Å²) in [7, 11) is -3.77. The van der Waals surface area contributed by atoms with Crippen molar-refractivity contribution < 1.29 is 13.5 Å². The molecule has 2 aromatic rings. The van der Waals surface area contributed by atoms with Gasteiger partial charge in [-0.2, -0.15) is 5.10 Å². The van der Waals surface area contributed by atoms with E-state index < -0.39 is 10.0 Å². The molecule has 0 aliphatic rings. The van der Waals surface area contributed by atoms with Crippen LogP contribution in [0.15, 0.2) is 23.2 Å². The van der Waals surface area contributed by atoms with Crippen LogP contribution in [0.1, 0.15) is 17.0 Å². The summed E-state index contributed by atoms with van der Waals surface area (Å²) in [6.07, 6.45) is 1.44. The Morgan fingerprint density at radius 2 is 2.19 bits per heavy atom. The molecule has 2 rings (SSSR count). The van der Waals surface area contributed by atoms with Gasteiger partial charge in [0.25, 0.3) is 10.0 Å². The van der Waals surface area contributed by atoms with Crippen molar-refractivity contribution in [2.45, 2.75) is 18.7 Å². The molecule has 2 aromatic heterocycles. The Balaban J connectivity index is 2.33. The number of aryl methyl sites for hydroxylation is 2. The number of nitrogens with zero attached hydrogens (tertiary/aromatic N) is 2. The zero-order valence-electron chi connectivity index (χ0n) is 11.5. The molecule has 110 valence electrons. The largest absolute Gasteiger partial charge is 0.384 e. The van der Waals surface area contributed by atoms with E-state index >= 15 is 0 Å². The summed E-state index contributed by atoms with van der Waals surface area (Å²) >= 11 is 0. The van der Waals surface area contributed by atoms with Crippen molar-refractivity contribution in [3.05, 3.63) is 35.3 Å². The number of nitrogens with one attached hydrogen (secondary N) is 2. The Kier molecular flexibility index (Phi) is 4.26. The standard InChI is InChI=1S/C13H14N4O3S/c1-9-13(10(2)16-15-9)21(19,20)17-12-8-11(4-3-7-18)5-6-14-12/h5-6,8,18H,7H2,1-2H3,(H,14,17)(H,15,16). The third-order valence-electron chi connectivity index (χ3n) is 2.64. The van der Waals surface area contributed by atoms with E-state index in [4.69, 9.17) is 5.11 Å². The van der Waals surface area contributed by atoms with Crippen LogP contribution < -0.4 is 4.72 Å². The number of aromatic amines is 1. The fraction of sp³-hybridized carbons (Fsp3) is 0.231. The summed E-state index contributed by atoms with van der Waals surface area (Å²) in [5, 5.41) is 15.2. The van der Waals surface area contributed by atoms with Gasteiger partial charge >= 0.3 is 0 Å². The van der Waals surface area contributed by atoms with E-state index in [0.717, 1.165) is 0 Å². The zero-order valence-corrected chi connectivity index (χ0v) is 12.3. The molecule has 8 heteroatoms. The van der Waals surface area contributed by atoms with E-state index in [2.05, 4.69) is 31.7 Å². The first-order valence-corrected chi connectivity index (χ1v) is 7.52. The lowest BCUT2D eigenvalue weighted by molar-refractivity contribution is 0.350. The Hall–Kier alpha value is -2.37. The summed E-state index contributed by atoms with van der Waals surface area (Å²) in [5.41, 5.74) is 1.39. The summed E-state index contributed by atoms with van der Waals surface area (Å²) in [5.74, 6) is 5.32. The van der Waals surface area contributed by atoms with Gasteiger partial charge in [-0.15, -0.1) is 0 Å². The number of H-pyrrole nitrogens is 1. The van der Waals surface area contributed by atoms with Crippen LogP contribution in [0.3, 0.4) is 0 Å². The topological polar surface area (TPSA) is 108 Å². The molecule has 0 radical (unpaired) electrons. The lowest BCUT2D eigenvalue weighted by Crippen LogP contribution is -2.15. The maximum Gasteiger partial charge on any atom is 0.266 e. The molecule has 0 bridgehead atoms. The SMILES string of the molecule is Cc1n[nH]c(C)c1S(=O)(=O)Nc1cc(C#CCO)ccn1. The number of rotatable bonds is 3. The van der Waals surface area contributed by atoms with E-state index in [1.165, 1.54) is 12.3 Å². The number of pyridine rings is 1. The Bertz CT molecular complexity index is 796. The lowest BCUT2D eigenvalue weighted by atomic mass is 10.2. The highest BCUT2D eigenvalue weighted by Crippen LogP contribution is 2.20. The number of hydrogen-bond acceptors (Lipinski definition) is 5. The molecule has 21 heavy (non-hydrogen) atoms. The van der Waals surface area contributed by atoms with Crippen LogP contribution >= 0.6 is 0 Å². The maximum atomic E-state index is 12.3. The normalized spacial score (nSPS) is 10.8. The second-order valence-electron chi connectivity index (χ2n) is 4.26. The van der Waals surface area contributed by atoms with E-state index in [1.54, 1.807) is 19.9 Å². The highest BCUT2D eigenvalue weighted by atomic mass is 32.2. The van der Waals surface area contributed by atoms with Gasteiger partial charge in [0.2, 0.25) is 0 Å². The zero-order chi connectivity index (χ0) is 15.5. The second kappa shape index (κ2) is 5.95. The van der Waals surface area contributed by atoms with Crippen molar-refractivity contribution in [3.8, 4) is 11.8 Å². The van der Waals surface area contributed by atoms with Gasteiger partial charge in [-0.25, -0.2) is 13.4 Å². The number of hydrogen-bond donors (Lipinski definition) is 3. The van der Waals surface area contributed by atoms with Crippen LogP contribution in [0.2, 0.25) is 0 Å². The molecule has 0 saturated heterocycles. The molecule has 0 atom stereocenters. The minimum atomic E-state index is -3.77. The predicted molar refractivity (Wildman–Crippen MR) is 77.1 cm³/mol. The Morgan fingerprint density at radius 1 is 1.43 bits per heavy atom. The highest BCUT2D eigenvalue weighted by Gasteiger charge is 2.22. The fourth-order valence-corrected chi connectivity index (χ4v) is 3.20. The predicted octanol–water partition coefficient (Wildman–Crippen LogP) is 0.566. The van der Waals surface area contributed by atoms with Gasteiger partial charge in [0.15, 0.2) is 0 Å². The molecule has 0 aliphatic carbocycles. The van der Waals surface area contributed by atoms with E-state index in [-0.39, 0.29) is 17.3 Å². The van der Waals surface area contributed by atoms with Gasteiger partial charge < -0.3 is 5.11 Å². The number of anilines is 1. The Morgan fingerprint density at radius 3 is 2.81 bits per heavy atom. The molecule has 0 aromatic carbocycles. The molecule has 0 saturated carbocycles. The van der Waals surface area contributed by atoms with Crippen LogP contribution in [-0.2, 0) is 10.0 Å². The van der Waals surface area contributed by atoms with Gasteiger partial charge in [0.1, 0.15) is 17.3 Å². The summed E-state index contributed by atoms with van der Waals surface area (Å²) in [6.45, 7) is 2.97. The molecule has 0 amide bonds. The van der Waals surface area contributed by atoms with E-state index in [9.17, 15) is 8.42 Å². The molecule has 2 heterocycles. The monoisotopic (exact) mass is 306 g/mol. The van der Waals surface area contributed by atoms with Gasteiger partial charge in [0, 0.05) is 11.8 Å². The van der Waals surface area contributed by atoms with Gasteiger partial charge in [0.05, 0.1) is 11.4 Å². The average Bonchev–Trinajstić information content (AvgIpc) is 2.76. The van der Waals surface area contributed by atoms with Crippen LogP contribution in [0.25, 0.3) is 0 Å². The van der Waals surface area contributed by atoms with Gasteiger partial charge in [-0.3, -0.25) is 9.82 Å². The minimum Gasteiger partial charge on any atom is -0.384 e. The molecule has 3 N–H and O–H groups in total. The summed E-state index contributed by atoms with van der Waals surface area (Å²) in [4.78, 5) is 4.06. The highest BCUT2D eigenvalue weighted by molar-refractivity contribution is 7.92. The number of aromatic nitrogens is 3. The first-order valence-electron chi connectivity index (χ1n) is 6.04. The number of aliphatic hydroxyl groups excluding tert-OH is 1. The van der Waals surface area contributed by atoms with Crippen LogP contribution in [0.4, 0.5) is 5.82 Å². The first kappa shape index (κ1) is 15.0. The van der Waals surface area contributed by atoms with Crippen molar-refractivity contribution in [1.82, 2.24) is 15.2 Å². The van der Waals surface area contributed by atoms with Crippen LogP contribution in [0.5, 0.6) is 0 Å². The maximum absolute atomic E-state index is 12.3. The van der Waals surface area contributed by atoms with Crippen molar-refractivity contribution in [2.75, 3.05) is 11.3 Å². The van der Waals surface area contributed by atoms with Gasteiger partial charge in [-0.05, 0) is 26.0 Å². The molecular weight excluding hydrogens is 292 g/mol. The Labute approximate surface area is 122 Å². The van der Waals surface area contributed by atoms with Crippen LogP contribution in [-0.4, -0.2) is 35.3 Å². The molecule has 0 spiro atoms. The lowest BCUT2D eigenvalue weighted by Gasteiger charge is -2.07. The average molecular weight is 306 g/mol.